The molecule has 0 radical (unpaired) electrons. The summed E-state index contributed by atoms with van der Waals surface area (Å²) in [6, 6.07) is 9.82. The van der Waals surface area contributed by atoms with Crippen LogP contribution in [0.15, 0.2) is 34.9 Å². The van der Waals surface area contributed by atoms with E-state index in [0.29, 0.717) is 18.1 Å². The molecule has 0 saturated heterocycles. The minimum Gasteiger partial charge on any atom is -0.338 e. The minimum atomic E-state index is -0.239. The number of nitrogens with zero attached hydrogens (tertiary/aromatic N) is 2. The second-order valence-corrected chi connectivity index (χ2v) is 4.44. The highest BCUT2D eigenvalue weighted by atomic mass is 16.5. The molecule has 2 aromatic rings. The van der Waals surface area contributed by atoms with Gasteiger partial charge in [0.05, 0.1) is 6.04 Å². The van der Waals surface area contributed by atoms with E-state index in [9.17, 15) is 0 Å². The molecule has 1 heterocycles. The van der Waals surface area contributed by atoms with Crippen molar-refractivity contribution >= 4 is 0 Å². The Morgan fingerprint density at radius 3 is 2.53 bits per heavy atom. The van der Waals surface area contributed by atoms with Crippen LogP contribution in [0.2, 0.25) is 0 Å². The Bertz CT molecular complexity index is 465. The van der Waals surface area contributed by atoms with Crippen molar-refractivity contribution in [3.63, 3.8) is 0 Å². The van der Waals surface area contributed by atoms with Gasteiger partial charge in [-0.15, -0.1) is 0 Å². The maximum atomic E-state index is 6.04. The van der Waals surface area contributed by atoms with Crippen molar-refractivity contribution in [2.24, 2.45) is 5.73 Å². The number of aromatic nitrogens is 2. The Morgan fingerprint density at radius 2 is 1.94 bits per heavy atom. The fraction of sp³-hybridized carbons (Fsp3) is 0.385. The summed E-state index contributed by atoms with van der Waals surface area (Å²) in [4.78, 5) is 4.30. The van der Waals surface area contributed by atoms with Crippen molar-refractivity contribution < 1.29 is 4.52 Å². The van der Waals surface area contributed by atoms with Crippen molar-refractivity contribution in [1.29, 1.82) is 0 Å². The molecular formula is C13H17N3O. The van der Waals surface area contributed by atoms with Gasteiger partial charge in [-0.3, -0.25) is 0 Å². The fourth-order valence-electron chi connectivity index (χ4n) is 1.59. The first-order valence-electron chi connectivity index (χ1n) is 5.80. The van der Waals surface area contributed by atoms with E-state index in [1.165, 1.54) is 5.56 Å². The number of rotatable bonds is 4. The lowest BCUT2D eigenvalue weighted by Crippen LogP contribution is -2.13. The molecule has 1 aromatic heterocycles. The number of hydrogen-bond donors (Lipinski definition) is 1. The molecule has 0 bridgehead atoms. The average Bonchev–Trinajstić information content (AvgIpc) is 2.79. The Balaban J connectivity index is 2.07. The molecule has 0 aliphatic carbocycles. The molecule has 0 aliphatic rings. The number of nitrogens with two attached hydrogens (primary N) is 1. The van der Waals surface area contributed by atoms with Crippen LogP contribution in [0.1, 0.15) is 43.1 Å². The number of benzene rings is 1. The summed E-state index contributed by atoms with van der Waals surface area (Å²) in [5, 5.41) is 3.91. The van der Waals surface area contributed by atoms with Gasteiger partial charge in [-0.1, -0.05) is 49.3 Å². The monoisotopic (exact) mass is 231 g/mol. The standard InChI is InChI=1S/C13H17N3O/c1-9(2)12-15-13(17-16-12)11(14)8-10-6-4-3-5-7-10/h3-7,9,11H,8,14H2,1-2H3/t11-/m0/s1. The van der Waals surface area contributed by atoms with Gasteiger partial charge in [0.1, 0.15) is 0 Å². The van der Waals surface area contributed by atoms with Crippen molar-refractivity contribution in [2.45, 2.75) is 32.2 Å². The first-order chi connectivity index (χ1) is 8.16. The molecule has 1 atom stereocenters. The molecule has 4 heteroatoms. The number of hydrogen-bond acceptors (Lipinski definition) is 4. The van der Waals surface area contributed by atoms with E-state index < -0.39 is 0 Å². The Hall–Kier alpha value is -1.68. The summed E-state index contributed by atoms with van der Waals surface area (Å²) in [6.07, 6.45) is 0.709. The predicted molar refractivity (Wildman–Crippen MR) is 65.5 cm³/mol. The summed E-state index contributed by atoms with van der Waals surface area (Å²) < 4.78 is 5.17. The molecule has 2 N–H and O–H groups in total. The minimum absolute atomic E-state index is 0.239. The molecule has 0 fully saturated rings. The quantitative estimate of drug-likeness (QED) is 0.877. The lowest BCUT2D eigenvalue weighted by molar-refractivity contribution is 0.349. The molecule has 1 aromatic carbocycles. The SMILES string of the molecule is CC(C)c1noc([C@@H](N)Cc2ccccc2)n1. The molecule has 0 saturated carbocycles. The van der Waals surface area contributed by atoms with Gasteiger partial charge < -0.3 is 10.3 Å². The second kappa shape index (κ2) is 5.10. The Morgan fingerprint density at radius 1 is 1.24 bits per heavy atom. The highest BCUT2D eigenvalue weighted by Crippen LogP contribution is 2.17. The fourth-order valence-corrected chi connectivity index (χ4v) is 1.59. The highest BCUT2D eigenvalue weighted by Gasteiger charge is 2.16. The molecular weight excluding hydrogens is 214 g/mol. The molecule has 2 rings (SSSR count). The van der Waals surface area contributed by atoms with E-state index in [-0.39, 0.29) is 12.0 Å². The molecule has 90 valence electrons. The zero-order valence-corrected chi connectivity index (χ0v) is 10.1. The van der Waals surface area contributed by atoms with Crippen molar-refractivity contribution in [2.75, 3.05) is 0 Å². The molecule has 0 spiro atoms. The summed E-state index contributed by atoms with van der Waals surface area (Å²) in [7, 11) is 0. The third-order valence-electron chi connectivity index (χ3n) is 2.59. The van der Waals surface area contributed by atoms with Crippen LogP contribution in [0.25, 0.3) is 0 Å². The summed E-state index contributed by atoms with van der Waals surface area (Å²) in [5.74, 6) is 1.48. The van der Waals surface area contributed by atoms with E-state index in [0.717, 1.165) is 0 Å². The van der Waals surface area contributed by atoms with Crippen LogP contribution >= 0.6 is 0 Å². The normalized spacial score (nSPS) is 12.9. The van der Waals surface area contributed by atoms with Crippen molar-refractivity contribution in [3.8, 4) is 0 Å². The van der Waals surface area contributed by atoms with Crippen LogP contribution in [-0.2, 0) is 6.42 Å². The van der Waals surface area contributed by atoms with Crippen LogP contribution in [0.4, 0.5) is 0 Å². The van der Waals surface area contributed by atoms with E-state index in [4.69, 9.17) is 10.3 Å². The van der Waals surface area contributed by atoms with Crippen LogP contribution < -0.4 is 5.73 Å². The van der Waals surface area contributed by atoms with Gasteiger partial charge in [0.15, 0.2) is 5.82 Å². The second-order valence-electron chi connectivity index (χ2n) is 4.44. The lowest BCUT2D eigenvalue weighted by atomic mass is 10.1. The van der Waals surface area contributed by atoms with Gasteiger partial charge in [-0.2, -0.15) is 4.98 Å². The van der Waals surface area contributed by atoms with Crippen molar-refractivity contribution in [1.82, 2.24) is 10.1 Å². The Labute approximate surface area is 101 Å². The maximum absolute atomic E-state index is 6.04. The zero-order valence-electron chi connectivity index (χ0n) is 10.1. The van der Waals surface area contributed by atoms with E-state index in [1.807, 2.05) is 44.2 Å². The van der Waals surface area contributed by atoms with E-state index in [1.54, 1.807) is 0 Å². The average molecular weight is 231 g/mol. The molecule has 0 amide bonds. The van der Waals surface area contributed by atoms with Crippen LogP contribution in [0, 0.1) is 0 Å². The third-order valence-corrected chi connectivity index (χ3v) is 2.59. The van der Waals surface area contributed by atoms with Crippen LogP contribution in [0.5, 0.6) is 0 Å². The van der Waals surface area contributed by atoms with Gasteiger partial charge in [0.2, 0.25) is 5.89 Å². The molecule has 4 nitrogen and oxygen atoms in total. The summed E-state index contributed by atoms with van der Waals surface area (Å²) in [6.45, 7) is 4.05. The van der Waals surface area contributed by atoms with E-state index >= 15 is 0 Å². The maximum Gasteiger partial charge on any atom is 0.243 e. The summed E-state index contributed by atoms with van der Waals surface area (Å²) in [5.41, 5.74) is 7.21. The lowest BCUT2D eigenvalue weighted by Gasteiger charge is -2.06. The highest BCUT2D eigenvalue weighted by molar-refractivity contribution is 5.16. The van der Waals surface area contributed by atoms with Crippen LogP contribution in [-0.4, -0.2) is 10.1 Å². The molecule has 0 unspecified atom stereocenters. The van der Waals surface area contributed by atoms with Crippen molar-refractivity contribution in [3.05, 3.63) is 47.6 Å². The van der Waals surface area contributed by atoms with Gasteiger partial charge >= 0.3 is 0 Å². The summed E-state index contributed by atoms with van der Waals surface area (Å²) >= 11 is 0. The zero-order chi connectivity index (χ0) is 12.3. The van der Waals surface area contributed by atoms with E-state index in [2.05, 4.69) is 10.1 Å². The largest absolute Gasteiger partial charge is 0.338 e. The van der Waals surface area contributed by atoms with Gasteiger partial charge in [0, 0.05) is 5.92 Å². The third kappa shape index (κ3) is 2.91. The van der Waals surface area contributed by atoms with Crippen LogP contribution in [0.3, 0.4) is 0 Å². The van der Waals surface area contributed by atoms with Gasteiger partial charge in [-0.05, 0) is 12.0 Å². The van der Waals surface area contributed by atoms with Gasteiger partial charge in [0.25, 0.3) is 0 Å². The predicted octanol–water partition coefficient (Wildman–Crippen LogP) is 2.44. The Kier molecular flexibility index (Phi) is 3.54. The first-order valence-corrected chi connectivity index (χ1v) is 5.80. The first kappa shape index (κ1) is 11.8. The topological polar surface area (TPSA) is 64.9 Å². The van der Waals surface area contributed by atoms with Gasteiger partial charge in [-0.25, -0.2) is 0 Å². The molecule has 17 heavy (non-hydrogen) atoms. The smallest absolute Gasteiger partial charge is 0.243 e. The molecule has 0 aliphatic heterocycles.